The summed E-state index contributed by atoms with van der Waals surface area (Å²) in [6.45, 7) is 6.01. The molecule has 1 aromatic rings. The second-order valence-corrected chi connectivity index (χ2v) is 5.52. The van der Waals surface area contributed by atoms with E-state index in [9.17, 15) is 4.79 Å². The third-order valence-corrected chi connectivity index (χ3v) is 4.08. The molecule has 4 heteroatoms. The van der Waals surface area contributed by atoms with Crippen LogP contribution in [-0.2, 0) is 4.79 Å². The summed E-state index contributed by atoms with van der Waals surface area (Å²) in [7, 11) is 3.46. The van der Waals surface area contributed by atoms with E-state index < -0.39 is 5.54 Å². The van der Waals surface area contributed by atoms with Crippen LogP contribution in [0.2, 0.25) is 0 Å². The quantitative estimate of drug-likeness (QED) is 0.907. The summed E-state index contributed by atoms with van der Waals surface area (Å²) in [6, 6.07) is 1.99. The highest BCUT2D eigenvalue weighted by Gasteiger charge is 2.47. The number of rotatable bonds is 3. The summed E-state index contributed by atoms with van der Waals surface area (Å²) in [5, 5.41) is 0. The first-order chi connectivity index (χ1) is 8.81. The SMILES string of the molecule is COc1c(C)cc(N(C)C(=O)C2(N)CC2)c(C)c1C. The number of hydrogen-bond acceptors (Lipinski definition) is 3. The molecule has 0 heterocycles. The predicted molar refractivity (Wildman–Crippen MR) is 76.8 cm³/mol. The van der Waals surface area contributed by atoms with Crippen LogP contribution in [0.15, 0.2) is 6.07 Å². The minimum atomic E-state index is -0.636. The van der Waals surface area contributed by atoms with Crippen molar-refractivity contribution in [1.82, 2.24) is 0 Å². The van der Waals surface area contributed by atoms with Gasteiger partial charge < -0.3 is 15.4 Å². The highest BCUT2D eigenvalue weighted by atomic mass is 16.5. The zero-order chi connectivity index (χ0) is 14.4. The summed E-state index contributed by atoms with van der Waals surface area (Å²) in [6.07, 6.45) is 1.56. The van der Waals surface area contributed by atoms with Crippen molar-refractivity contribution >= 4 is 11.6 Å². The van der Waals surface area contributed by atoms with Crippen molar-refractivity contribution < 1.29 is 9.53 Å². The van der Waals surface area contributed by atoms with E-state index in [1.807, 2.05) is 26.8 Å². The number of nitrogens with two attached hydrogens (primary N) is 1. The fraction of sp³-hybridized carbons (Fsp3) is 0.533. The lowest BCUT2D eigenvalue weighted by Crippen LogP contribution is -2.44. The van der Waals surface area contributed by atoms with Crippen molar-refractivity contribution in [2.24, 2.45) is 5.73 Å². The number of ether oxygens (including phenoxy) is 1. The van der Waals surface area contributed by atoms with Crippen molar-refractivity contribution in [3.05, 3.63) is 22.8 Å². The smallest absolute Gasteiger partial charge is 0.246 e. The average molecular weight is 262 g/mol. The Hall–Kier alpha value is -1.55. The number of nitrogens with zero attached hydrogens (tertiary/aromatic N) is 1. The molecule has 1 fully saturated rings. The predicted octanol–water partition coefficient (Wildman–Crippen LogP) is 2.07. The van der Waals surface area contributed by atoms with Gasteiger partial charge in [-0.15, -0.1) is 0 Å². The molecule has 1 aliphatic carbocycles. The first kappa shape index (κ1) is 13.9. The normalized spacial score (nSPS) is 16.1. The van der Waals surface area contributed by atoms with Crippen LogP contribution in [0.4, 0.5) is 5.69 Å². The van der Waals surface area contributed by atoms with Crippen LogP contribution in [0.3, 0.4) is 0 Å². The second-order valence-electron chi connectivity index (χ2n) is 5.52. The molecule has 0 radical (unpaired) electrons. The molecule has 0 saturated heterocycles. The van der Waals surface area contributed by atoms with E-state index in [0.29, 0.717) is 0 Å². The number of amides is 1. The monoisotopic (exact) mass is 262 g/mol. The number of anilines is 1. The van der Waals surface area contributed by atoms with Crippen LogP contribution < -0.4 is 15.4 Å². The van der Waals surface area contributed by atoms with Crippen LogP contribution in [0.1, 0.15) is 29.5 Å². The zero-order valence-electron chi connectivity index (χ0n) is 12.3. The van der Waals surface area contributed by atoms with Crippen LogP contribution in [0.25, 0.3) is 0 Å². The highest BCUT2D eigenvalue weighted by Crippen LogP contribution is 2.38. The topological polar surface area (TPSA) is 55.6 Å². The van der Waals surface area contributed by atoms with Gasteiger partial charge in [-0.05, 0) is 56.4 Å². The van der Waals surface area contributed by atoms with Gasteiger partial charge in [-0.25, -0.2) is 0 Å². The van der Waals surface area contributed by atoms with Crippen LogP contribution in [-0.4, -0.2) is 25.6 Å². The summed E-state index contributed by atoms with van der Waals surface area (Å²) >= 11 is 0. The Labute approximate surface area is 114 Å². The molecule has 4 nitrogen and oxygen atoms in total. The molecule has 0 atom stereocenters. The van der Waals surface area contributed by atoms with Crippen molar-refractivity contribution in [2.75, 3.05) is 19.1 Å². The lowest BCUT2D eigenvalue weighted by molar-refractivity contribution is -0.120. The fourth-order valence-electron chi connectivity index (χ4n) is 2.49. The Morgan fingerprint density at radius 3 is 2.37 bits per heavy atom. The number of likely N-dealkylation sites (N-methyl/N-ethyl adjacent to an activating group) is 1. The number of benzene rings is 1. The molecule has 0 aromatic heterocycles. The second kappa shape index (κ2) is 4.53. The van der Waals surface area contributed by atoms with Crippen LogP contribution >= 0.6 is 0 Å². The van der Waals surface area contributed by atoms with Crippen molar-refractivity contribution in [2.45, 2.75) is 39.2 Å². The third kappa shape index (κ3) is 2.21. The Balaban J connectivity index is 2.43. The number of aryl methyl sites for hydroxylation is 1. The molecule has 2 N–H and O–H groups in total. The molecule has 2 rings (SSSR count). The largest absolute Gasteiger partial charge is 0.496 e. The van der Waals surface area contributed by atoms with Crippen molar-refractivity contribution in [1.29, 1.82) is 0 Å². The standard InChI is InChI=1S/C15H22N2O2/c1-9-8-12(10(2)11(3)13(9)19-5)17(4)14(18)15(16)6-7-15/h8H,6-7,16H2,1-5H3. The molecular formula is C15H22N2O2. The van der Waals surface area contributed by atoms with E-state index >= 15 is 0 Å². The minimum absolute atomic E-state index is 0.000401. The van der Waals surface area contributed by atoms with Gasteiger partial charge in [0.2, 0.25) is 5.91 Å². The molecular weight excluding hydrogens is 240 g/mol. The molecule has 19 heavy (non-hydrogen) atoms. The van der Waals surface area contributed by atoms with E-state index in [2.05, 4.69) is 0 Å². The van der Waals surface area contributed by atoms with Crippen molar-refractivity contribution in [3.63, 3.8) is 0 Å². The van der Waals surface area contributed by atoms with Gasteiger partial charge >= 0.3 is 0 Å². The minimum Gasteiger partial charge on any atom is -0.496 e. The van der Waals surface area contributed by atoms with E-state index in [1.165, 1.54) is 0 Å². The zero-order valence-corrected chi connectivity index (χ0v) is 12.3. The van der Waals surface area contributed by atoms with E-state index in [4.69, 9.17) is 10.5 Å². The molecule has 1 aliphatic rings. The Kier molecular flexibility index (Phi) is 3.31. The summed E-state index contributed by atoms with van der Waals surface area (Å²) < 4.78 is 5.40. The van der Waals surface area contributed by atoms with Gasteiger partial charge in [-0.3, -0.25) is 4.79 Å². The lowest BCUT2D eigenvalue weighted by Gasteiger charge is -2.25. The van der Waals surface area contributed by atoms with E-state index in [0.717, 1.165) is 41.0 Å². The van der Waals surface area contributed by atoms with Crippen molar-refractivity contribution in [3.8, 4) is 5.75 Å². The van der Waals surface area contributed by atoms with Crippen LogP contribution in [0, 0.1) is 20.8 Å². The van der Waals surface area contributed by atoms with Gasteiger partial charge in [0.05, 0.1) is 12.6 Å². The van der Waals surface area contributed by atoms with Gasteiger partial charge in [-0.1, -0.05) is 0 Å². The number of carbonyl (C=O) groups excluding carboxylic acids is 1. The first-order valence-corrected chi connectivity index (χ1v) is 6.53. The number of hydrogen-bond donors (Lipinski definition) is 1. The summed E-state index contributed by atoms with van der Waals surface area (Å²) in [5.41, 5.74) is 9.43. The number of methoxy groups -OCH3 is 1. The maximum absolute atomic E-state index is 12.3. The maximum Gasteiger partial charge on any atom is 0.246 e. The Morgan fingerprint density at radius 1 is 1.32 bits per heavy atom. The van der Waals surface area contributed by atoms with Gasteiger partial charge in [-0.2, -0.15) is 0 Å². The highest BCUT2D eigenvalue weighted by molar-refractivity contribution is 6.02. The molecule has 0 spiro atoms. The first-order valence-electron chi connectivity index (χ1n) is 6.53. The molecule has 104 valence electrons. The lowest BCUT2D eigenvalue weighted by atomic mass is 10.0. The maximum atomic E-state index is 12.3. The molecule has 1 saturated carbocycles. The summed E-state index contributed by atoms with van der Waals surface area (Å²) in [5.74, 6) is 0.885. The van der Waals surface area contributed by atoms with Gasteiger partial charge in [0.1, 0.15) is 5.75 Å². The fourth-order valence-corrected chi connectivity index (χ4v) is 2.49. The van der Waals surface area contributed by atoms with Gasteiger partial charge in [0, 0.05) is 12.7 Å². The molecule has 1 amide bonds. The third-order valence-electron chi connectivity index (χ3n) is 4.08. The van der Waals surface area contributed by atoms with Gasteiger partial charge in [0.25, 0.3) is 0 Å². The molecule has 0 aliphatic heterocycles. The van der Waals surface area contributed by atoms with Crippen LogP contribution in [0.5, 0.6) is 5.75 Å². The molecule has 0 bridgehead atoms. The van der Waals surface area contributed by atoms with E-state index in [1.54, 1.807) is 19.1 Å². The molecule has 0 unspecified atom stereocenters. The number of carbonyl (C=O) groups is 1. The Bertz CT molecular complexity index is 533. The van der Waals surface area contributed by atoms with E-state index in [-0.39, 0.29) is 5.91 Å². The Morgan fingerprint density at radius 2 is 1.89 bits per heavy atom. The van der Waals surface area contributed by atoms with Gasteiger partial charge in [0.15, 0.2) is 0 Å². The average Bonchev–Trinajstić information content (AvgIpc) is 3.12. The summed E-state index contributed by atoms with van der Waals surface area (Å²) in [4.78, 5) is 14.0. The molecule has 1 aromatic carbocycles.